The van der Waals surface area contributed by atoms with Gasteiger partial charge < -0.3 is 0 Å². The Morgan fingerprint density at radius 2 is 1.62 bits per heavy atom. The maximum Gasteiger partial charge on any atom is -0.0318 e. The fourth-order valence-electron chi connectivity index (χ4n) is 3.63. The molecule has 0 aromatic rings. The van der Waals surface area contributed by atoms with Crippen molar-refractivity contribution < 1.29 is 0 Å². The molecule has 0 spiro atoms. The molecule has 0 saturated heterocycles. The number of rotatable bonds is 1. The third kappa shape index (κ3) is 2.48. The largest absolute Gasteiger partial charge is 0.0625 e. The summed E-state index contributed by atoms with van der Waals surface area (Å²) in [7, 11) is 0. The lowest BCUT2D eigenvalue weighted by Crippen LogP contribution is -2.38. The van der Waals surface area contributed by atoms with E-state index in [1.54, 1.807) is 0 Å². The Kier molecular flexibility index (Phi) is 2.81. The molecule has 0 radical (unpaired) electrons. The minimum absolute atomic E-state index is 0.552. The lowest BCUT2D eigenvalue weighted by atomic mass is 9.57. The molecule has 0 aromatic carbocycles. The van der Waals surface area contributed by atoms with E-state index in [-0.39, 0.29) is 0 Å². The quantitative estimate of drug-likeness (QED) is 0.560. The Labute approximate surface area is 84.1 Å². The van der Waals surface area contributed by atoms with Crippen LogP contribution in [-0.2, 0) is 0 Å². The summed E-state index contributed by atoms with van der Waals surface area (Å²) < 4.78 is 0. The van der Waals surface area contributed by atoms with Crippen LogP contribution >= 0.6 is 0 Å². The molecule has 1 fully saturated rings. The van der Waals surface area contributed by atoms with E-state index in [2.05, 4.69) is 41.5 Å². The highest BCUT2D eigenvalue weighted by Gasteiger charge is 2.41. The van der Waals surface area contributed by atoms with E-state index < -0.39 is 0 Å². The maximum absolute atomic E-state index is 2.46. The van der Waals surface area contributed by atoms with E-state index in [0.29, 0.717) is 10.8 Å². The van der Waals surface area contributed by atoms with Crippen molar-refractivity contribution in [3.63, 3.8) is 0 Å². The van der Waals surface area contributed by atoms with Crippen LogP contribution in [0.25, 0.3) is 0 Å². The SMILES string of the molecule is CC(C)C1CCC(C)(C)CC1(C)C. The van der Waals surface area contributed by atoms with Crippen LogP contribution in [0, 0.1) is 22.7 Å². The lowest BCUT2D eigenvalue weighted by molar-refractivity contribution is 0.0230. The zero-order chi connectivity index (χ0) is 10.3. The van der Waals surface area contributed by atoms with Crippen molar-refractivity contribution in [1.29, 1.82) is 0 Å². The molecule has 1 atom stereocenters. The molecule has 0 heteroatoms. The molecule has 0 aliphatic heterocycles. The molecule has 1 rings (SSSR count). The minimum Gasteiger partial charge on any atom is -0.0625 e. The molecule has 1 aliphatic rings. The average molecular weight is 182 g/mol. The van der Waals surface area contributed by atoms with Crippen molar-refractivity contribution in [2.45, 2.75) is 60.8 Å². The normalized spacial score (nSPS) is 32.1. The first kappa shape index (κ1) is 11.1. The first-order chi connectivity index (χ1) is 5.75. The smallest absolute Gasteiger partial charge is 0.0318 e. The second-order valence-corrected chi connectivity index (χ2v) is 6.72. The summed E-state index contributed by atoms with van der Waals surface area (Å²) >= 11 is 0. The number of hydrogen-bond donors (Lipinski definition) is 0. The Morgan fingerprint density at radius 3 is 2.00 bits per heavy atom. The van der Waals surface area contributed by atoms with Gasteiger partial charge in [-0.05, 0) is 41.9 Å². The van der Waals surface area contributed by atoms with Gasteiger partial charge >= 0.3 is 0 Å². The summed E-state index contributed by atoms with van der Waals surface area (Å²) in [5.41, 5.74) is 1.13. The van der Waals surface area contributed by atoms with Gasteiger partial charge in [0.15, 0.2) is 0 Å². The predicted octanol–water partition coefficient (Wildman–Crippen LogP) is 4.49. The summed E-state index contributed by atoms with van der Waals surface area (Å²) in [6, 6.07) is 0. The van der Waals surface area contributed by atoms with Crippen molar-refractivity contribution in [2.24, 2.45) is 22.7 Å². The van der Waals surface area contributed by atoms with E-state index in [1.807, 2.05) is 0 Å². The molecular weight excluding hydrogens is 156 g/mol. The van der Waals surface area contributed by atoms with Crippen molar-refractivity contribution in [1.82, 2.24) is 0 Å². The Hall–Kier alpha value is 0. The fourth-order valence-corrected chi connectivity index (χ4v) is 3.63. The fraction of sp³-hybridized carbons (Fsp3) is 1.00. The van der Waals surface area contributed by atoms with Crippen LogP contribution in [0.1, 0.15) is 60.8 Å². The molecule has 78 valence electrons. The van der Waals surface area contributed by atoms with Gasteiger partial charge in [-0.15, -0.1) is 0 Å². The van der Waals surface area contributed by atoms with Gasteiger partial charge in [-0.1, -0.05) is 41.5 Å². The molecule has 0 bridgehead atoms. The second kappa shape index (κ2) is 3.29. The zero-order valence-electron chi connectivity index (χ0n) is 10.3. The summed E-state index contributed by atoms with van der Waals surface area (Å²) in [6.45, 7) is 14.5. The van der Waals surface area contributed by atoms with Crippen LogP contribution in [0.2, 0.25) is 0 Å². The molecule has 0 N–H and O–H groups in total. The molecule has 0 nitrogen and oxygen atoms in total. The molecule has 0 heterocycles. The van der Waals surface area contributed by atoms with Crippen molar-refractivity contribution in [3.8, 4) is 0 Å². The van der Waals surface area contributed by atoms with Crippen LogP contribution < -0.4 is 0 Å². The molecule has 1 unspecified atom stereocenters. The minimum atomic E-state index is 0.552. The Bertz CT molecular complexity index is 174. The van der Waals surface area contributed by atoms with Crippen LogP contribution in [0.5, 0.6) is 0 Å². The molecule has 1 saturated carbocycles. The van der Waals surface area contributed by atoms with Gasteiger partial charge in [-0.25, -0.2) is 0 Å². The Balaban J connectivity index is 2.73. The molecule has 1 aliphatic carbocycles. The van der Waals surface area contributed by atoms with Crippen LogP contribution in [0.4, 0.5) is 0 Å². The van der Waals surface area contributed by atoms with Crippen molar-refractivity contribution in [3.05, 3.63) is 0 Å². The standard InChI is InChI=1S/C13H26/c1-10(2)11-7-8-12(3,4)9-13(11,5)6/h10-11H,7-9H2,1-6H3. The van der Waals surface area contributed by atoms with Gasteiger partial charge in [0.25, 0.3) is 0 Å². The maximum atomic E-state index is 2.46. The molecule has 13 heavy (non-hydrogen) atoms. The van der Waals surface area contributed by atoms with Crippen LogP contribution in [0.3, 0.4) is 0 Å². The third-order valence-electron chi connectivity index (χ3n) is 3.87. The zero-order valence-corrected chi connectivity index (χ0v) is 10.3. The Morgan fingerprint density at radius 1 is 1.08 bits per heavy atom. The molecule has 0 amide bonds. The highest BCUT2D eigenvalue weighted by atomic mass is 14.5. The lowest BCUT2D eigenvalue weighted by Gasteiger charge is -2.48. The highest BCUT2D eigenvalue weighted by Crippen LogP contribution is 2.51. The van der Waals surface area contributed by atoms with E-state index in [0.717, 1.165) is 11.8 Å². The van der Waals surface area contributed by atoms with Gasteiger partial charge in [0.2, 0.25) is 0 Å². The average Bonchev–Trinajstić information content (AvgIpc) is 1.79. The van der Waals surface area contributed by atoms with Gasteiger partial charge in [-0.3, -0.25) is 0 Å². The second-order valence-electron chi connectivity index (χ2n) is 6.72. The first-order valence-electron chi connectivity index (χ1n) is 5.75. The van der Waals surface area contributed by atoms with Gasteiger partial charge in [-0.2, -0.15) is 0 Å². The van der Waals surface area contributed by atoms with E-state index in [9.17, 15) is 0 Å². The third-order valence-corrected chi connectivity index (χ3v) is 3.87. The highest BCUT2D eigenvalue weighted by molar-refractivity contribution is 4.91. The summed E-state index contributed by atoms with van der Waals surface area (Å²) in [5.74, 6) is 1.78. The van der Waals surface area contributed by atoms with Gasteiger partial charge in [0.05, 0.1) is 0 Å². The summed E-state index contributed by atoms with van der Waals surface area (Å²) in [5, 5.41) is 0. The monoisotopic (exact) mass is 182 g/mol. The topological polar surface area (TPSA) is 0 Å². The number of hydrogen-bond acceptors (Lipinski definition) is 0. The van der Waals surface area contributed by atoms with Crippen LogP contribution in [0.15, 0.2) is 0 Å². The van der Waals surface area contributed by atoms with Crippen molar-refractivity contribution >= 4 is 0 Å². The predicted molar refractivity (Wildman–Crippen MR) is 59.7 cm³/mol. The van der Waals surface area contributed by atoms with Crippen LogP contribution in [-0.4, -0.2) is 0 Å². The van der Waals surface area contributed by atoms with Gasteiger partial charge in [0, 0.05) is 0 Å². The van der Waals surface area contributed by atoms with Crippen molar-refractivity contribution in [2.75, 3.05) is 0 Å². The summed E-state index contributed by atoms with van der Waals surface area (Å²) in [6.07, 6.45) is 4.24. The first-order valence-corrected chi connectivity index (χ1v) is 5.75. The van der Waals surface area contributed by atoms with E-state index in [1.165, 1.54) is 19.3 Å². The van der Waals surface area contributed by atoms with E-state index >= 15 is 0 Å². The molecule has 0 aromatic heterocycles. The van der Waals surface area contributed by atoms with E-state index in [4.69, 9.17) is 0 Å². The summed E-state index contributed by atoms with van der Waals surface area (Å²) in [4.78, 5) is 0. The van der Waals surface area contributed by atoms with Gasteiger partial charge in [0.1, 0.15) is 0 Å². The molecular formula is C13H26.